The minimum Gasteiger partial charge on any atom is -0.456 e. The van der Waals surface area contributed by atoms with Crippen molar-refractivity contribution in [3.63, 3.8) is 0 Å². The van der Waals surface area contributed by atoms with E-state index < -0.39 is 124 Å². The maximum absolute atomic E-state index is 15.3. The molecule has 5 rings (SSSR count). The first-order valence-corrected chi connectivity index (χ1v) is 19.0. The van der Waals surface area contributed by atoms with Gasteiger partial charge in [0.1, 0.15) is 29.5 Å². The molecule has 1 aliphatic heterocycles. The Bertz CT molecular complexity index is 1940. The van der Waals surface area contributed by atoms with E-state index in [0.29, 0.717) is 0 Å². The van der Waals surface area contributed by atoms with Gasteiger partial charge in [0.15, 0.2) is 23.6 Å². The molecule has 0 aromatic heterocycles. The molecule has 16 nitrogen and oxygen atoms in total. The number of amides is 1. The Labute approximate surface area is 339 Å². The van der Waals surface area contributed by atoms with Gasteiger partial charge in [0.05, 0.1) is 35.6 Å². The molecule has 324 valence electrons. The molecule has 1 saturated heterocycles. The zero-order chi connectivity index (χ0) is 44.2. The van der Waals surface area contributed by atoms with Crippen molar-refractivity contribution in [3.05, 3.63) is 59.2 Å². The van der Waals surface area contributed by atoms with E-state index in [-0.39, 0.29) is 35.8 Å². The van der Waals surface area contributed by atoms with Crippen LogP contribution in [-0.2, 0) is 47.6 Å². The summed E-state index contributed by atoms with van der Waals surface area (Å²) in [5, 5.41) is 38.5. The van der Waals surface area contributed by atoms with Crippen molar-refractivity contribution in [2.75, 3.05) is 6.61 Å². The third-order valence-electron chi connectivity index (χ3n) is 12.0. The van der Waals surface area contributed by atoms with Crippen LogP contribution in [0.25, 0.3) is 0 Å². The molecule has 2 bridgehead atoms. The maximum Gasteiger partial charge on any atom is 0.408 e. The van der Waals surface area contributed by atoms with Crippen molar-refractivity contribution >= 4 is 35.8 Å². The standard InChI is InChI=1S/C41H51F2NO15/c1-19-24(56-35(51)29(48)23(15-27(42)43)44-36(52)59-37(4,5)6)17-41(53)33(57-34(50)22-13-11-10-12-14-22)31-39(9,25(47)16-26-40(31,18-54-26)58-21(3)46)32(49)30(55-20(2)45)28(19)38(41,7)8/h10-15,23-26,29-31,33,47-48,53H,16-18H2,1-9H3,(H,44,52)/t23-,24-,25-,26+,29+,30+,31?,33-,39+,40-,41+/m0/s1. The largest absolute Gasteiger partial charge is 0.456 e. The average Bonchev–Trinajstić information content (AvgIpc) is 3.11. The van der Waals surface area contributed by atoms with E-state index in [2.05, 4.69) is 0 Å². The number of esters is 4. The van der Waals surface area contributed by atoms with Gasteiger partial charge in [-0.3, -0.25) is 14.4 Å². The lowest BCUT2D eigenvalue weighted by atomic mass is 9.44. The number of carbonyl (C=O) groups excluding carboxylic acids is 6. The number of fused-ring (bicyclic) bond motifs is 5. The van der Waals surface area contributed by atoms with Gasteiger partial charge in [0.2, 0.25) is 0 Å². The number of hydrogen-bond acceptors (Lipinski definition) is 15. The molecule has 3 fully saturated rings. The number of halogens is 2. The molecule has 0 spiro atoms. The number of benzene rings is 1. The normalized spacial score (nSPS) is 33.2. The van der Waals surface area contributed by atoms with Crippen LogP contribution in [0.2, 0.25) is 0 Å². The number of aliphatic hydroxyl groups is 3. The third-order valence-corrected chi connectivity index (χ3v) is 12.0. The minimum absolute atomic E-state index is 0.00613. The number of ketones is 1. The van der Waals surface area contributed by atoms with Crippen LogP contribution in [0.3, 0.4) is 0 Å². The number of aliphatic hydroxyl groups excluding tert-OH is 2. The summed E-state index contributed by atoms with van der Waals surface area (Å²) in [5.41, 5.74) is -9.41. The third kappa shape index (κ3) is 8.11. The van der Waals surface area contributed by atoms with Crippen molar-refractivity contribution in [2.45, 2.75) is 135 Å². The SMILES string of the molecule is CC(=O)O[C@H]1C(=O)[C@@]2(C)C([C@H](OC(=O)c3ccccc3)[C@]3(O)C[C@H](OC(=O)[C@H](O)[C@H](C=C(F)F)NC(=O)OC(C)(C)C)C(C)=C1C3(C)C)[C@]1(OC(C)=O)CO[C@@H]1C[C@@H]2O. The Morgan fingerprint density at radius 2 is 1.63 bits per heavy atom. The molecule has 1 unspecified atom stereocenters. The summed E-state index contributed by atoms with van der Waals surface area (Å²) in [6.07, 6.45) is -15.2. The fourth-order valence-corrected chi connectivity index (χ4v) is 9.17. The first kappa shape index (κ1) is 45.3. The number of carbonyl (C=O) groups is 6. The van der Waals surface area contributed by atoms with E-state index in [9.17, 15) is 48.1 Å². The monoisotopic (exact) mass is 835 g/mol. The molecule has 2 saturated carbocycles. The first-order chi connectivity index (χ1) is 27.2. The summed E-state index contributed by atoms with van der Waals surface area (Å²) < 4.78 is 61.8. The summed E-state index contributed by atoms with van der Waals surface area (Å²) in [4.78, 5) is 81.5. The molecular weight excluding hydrogens is 784 g/mol. The molecule has 1 aromatic carbocycles. The number of rotatable bonds is 9. The van der Waals surface area contributed by atoms with E-state index in [1.165, 1.54) is 60.6 Å². The fourth-order valence-electron chi connectivity index (χ4n) is 9.17. The molecule has 4 aliphatic rings. The Kier molecular flexibility index (Phi) is 12.3. The van der Waals surface area contributed by atoms with Gasteiger partial charge in [-0.25, -0.2) is 14.4 Å². The van der Waals surface area contributed by atoms with Gasteiger partial charge in [-0.05, 0) is 57.9 Å². The summed E-state index contributed by atoms with van der Waals surface area (Å²) in [6.45, 7) is 11.9. The van der Waals surface area contributed by atoms with E-state index in [0.717, 1.165) is 13.8 Å². The lowest BCUT2D eigenvalue weighted by Crippen LogP contribution is -2.82. The topological polar surface area (TPSA) is 231 Å². The highest BCUT2D eigenvalue weighted by Gasteiger charge is 2.78. The number of Topliss-reactive ketones (excluding diaryl/α,β-unsaturated/α-hetero) is 1. The van der Waals surface area contributed by atoms with Crippen LogP contribution in [0, 0.1) is 16.7 Å². The van der Waals surface area contributed by atoms with Crippen molar-refractivity contribution < 1.29 is 81.3 Å². The van der Waals surface area contributed by atoms with E-state index in [4.69, 9.17) is 28.4 Å². The van der Waals surface area contributed by atoms with Gasteiger partial charge in [-0.15, -0.1) is 0 Å². The van der Waals surface area contributed by atoms with E-state index in [1.54, 1.807) is 18.2 Å². The average molecular weight is 836 g/mol. The second-order valence-corrected chi connectivity index (χ2v) is 17.3. The summed E-state index contributed by atoms with van der Waals surface area (Å²) in [6, 6.07) is 5.48. The van der Waals surface area contributed by atoms with Gasteiger partial charge in [-0.1, -0.05) is 32.0 Å². The number of hydrogen-bond donors (Lipinski definition) is 4. The smallest absolute Gasteiger partial charge is 0.408 e. The lowest BCUT2D eigenvalue weighted by molar-refractivity contribution is -0.346. The molecule has 18 heteroatoms. The van der Waals surface area contributed by atoms with Crippen molar-refractivity contribution in [1.82, 2.24) is 5.32 Å². The van der Waals surface area contributed by atoms with Crippen molar-refractivity contribution in [2.24, 2.45) is 16.7 Å². The van der Waals surface area contributed by atoms with Gasteiger partial charge in [-0.2, -0.15) is 8.78 Å². The van der Waals surface area contributed by atoms with Crippen LogP contribution in [0.5, 0.6) is 0 Å². The van der Waals surface area contributed by atoms with Crippen LogP contribution in [0.15, 0.2) is 53.6 Å². The van der Waals surface area contributed by atoms with E-state index in [1.807, 2.05) is 5.32 Å². The molecule has 11 atom stereocenters. The first-order valence-electron chi connectivity index (χ1n) is 19.0. The fraction of sp³-hybridized carbons (Fsp3) is 0.610. The summed E-state index contributed by atoms with van der Waals surface area (Å²) in [7, 11) is 0. The highest BCUT2D eigenvalue weighted by atomic mass is 19.3. The second-order valence-electron chi connectivity index (χ2n) is 17.3. The number of nitrogens with one attached hydrogen (secondary N) is 1. The number of ether oxygens (including phenoxy) is 6. The lowest BCUT2D eigenvalue weighted by Gasteiger charge is -2.67. The van der Waals surface area contributed by atoms with Crippen LogP contribution in [0.1, 0.15) is 85.5 Å². The van der Waals surface area contributed by atoms with Gasteiger partial charge in [0, 0.05) is 38.2 Å². The van der Waals surface area contributed by atoms with Crippen LogP contribution in [0.4, 0.5) is 13.6 Å². The Hall–Kier alpha value is -4.78. The maximum atomic E-state index is 15.3. The van der Waals surface area contributed by atoms with Crippen LogP contribution >= 0.6 is 0 Å². The molecular formula is C41H51F2NO15. The van der Waals surface area contributed by atoms with Crippen molar-refractivity contribution in [3.8, 4) is 0 Å². The predicted molar refractivity (Wildman–Crippen MR) is 198 cm³/mol. The molecule has 1 aromatic rings. The van der Waals surface area contributed by atoms with E-state index >= 15 is 4.79 Å². The van der Waals surface area contributed by atoms with Gasteiger partial charge in [0.25, 0.3) is 6.08 Å². The number of alkyl carbamates (subject to hydrolysis) is 1. The van der Waals surface area contributed by atoms with Crippen LogP contribution in [-0.4, -0.2) is 117 Å². The Morgan fingerprint density at radius 3 is 2.15 bits per heavy atom. The molecule has 59 heavy (non-hydrogen) atoms. The quantitative estimate of drug-likeness (QED) is 0.159. The molecule has 4 N–H and O–H groups in total. The van der Waals surface area contributed by atoms with Crippen LogP contribution < -0.4 is 5.32 Å². The predicted octanol–water partition coefficient (Wildman–Crippen LogP) is 3.24. The second kappa shape index (κ2) is 16.0. The Morgan fingerprint density at radius 1 is 1.00 bits per heavy atom. The highest BCUT2D eigenvalue weighted by Crippen LogP contribution is 2.64. The highest BCUT2D eigenvalue weighted by molar-refractivity contribution is 5.95. The minimum atomic E-state index is -2.51. The zero-order valence-corrected chi connectivity index (χ0v) is 34.2. The molecule has 1 heterocycles. The summed E-state index contributed by atoms with van der Waals surface area (Å²) in [5.74, 6) is -6.96. The summed E-state index contributed by atoms with van der Waals surface area (Å²) >= 11 is 0. The van der Waals surface area contributed by atoms with Gasteiger partial charge >= 0.3 is 30.0 Å². The Balaban J connectivity index is 1.73. The zero-order valence-electron chi connectivity index (χ0n) is 34.2. The molecule has 0 radical (unpaired) electrons. The van der Waals surface area contributed by atoms with Crippen molar-refractivity contribution in [1.29, 1.82) is 0 Å². The molecule has 1 amide bonds. The van der Waals surface area contributed by atoms with Gasteiger partial charge < -0.3 is 49.1 Å². The molecule has 3 aliphatic carbocycles.